The number of amides is 1. The molecule has 120 valence electrons. The molecule has 1 fully saturated rings. The van der Waals surface area contributed by atoms with Crippen molar-refractivity contribution < 1.29 is 9.53 Å². The summed E-state index contributed by atoms with van der Waals surface area (Å²) in [5.74, 6) is 0.490. The monoisotopic (exact) mass is 366 g/mol. The van der Waals surface area contributed by atoms with Crippen LogP contribution in [-0.2, 0) is 4.74 Å². The summed E-state index contributed by atoms with van der Waals surface area (Å²) in [7, 11) is 0. The first-order valence-electron chi connectivity index (χ1n) is 7.61. The number of likely N-dealkylation sites (tertiary alicyclic amines) is 1. The van der Waals surface area contributed by atoms with Gasteiger partial charge < -0.3 is 9.64 Å². The van der Waals surface area contributed by atoms with Gasteiger partial charge in [-0.25, -0.2) is 4.79 Å². The quantitative estimate of drug-likeness (QED) is 0.773. The summed E-state index contributed by atoms with van der Waals surface area (Å²) in [5, 5.41) is 0. The van der Waals surface area contributed by atoms with Crippen LogP contribution >= 0.6 is 15.9 Å². The van der Waals surface area contributed by atoms with Crippen molar-refractivity contribution in [3.63, 3.8) is 0 Å². The number of halogens is 1. The number of allylic oxidation sites excluding steroid dienone is 1. The Balaban J connectivity index is 1.82. The molecule has 2 heterocycles. The van der Waals surface area contributed by atoms with E-state index in [4.69, 9.17) is 4.74 Å². The molecule has 1 aromatic rings. The summed E-state index contributed by atoms with van der Waals surface area (Å²) >= 11 is 3.38. The molecule has 0 atom stereocenters. The Hall–Kier alpha value is -1.36. The second-order valence-corrected chi connectivity index (χ2v) is 7.48. The zero-order chi connectivity index (χ0) is 16.2. The fourth-order valence-corrected chi connectivity index (χ4v) is 2.56. The topological polar surface area (TPSA) is 42.4 Å². The average Bonchev–Trinajstić information content (AvgIpc) is 2.45. The molecule has 0 saturated carbocycles. The second kappa shape index (κ2) is 7.27. The van der Waals surface area contributed by atoms with E-state index >= 15 is 0 Å². The van der Waals surface area contributed by atoms with E-state index in [-0.39, 0.29) is 6.09 Å². The van der Waals surface area contributed by atoms with Crippen molar-refractivity contribution in [3.05, 3.63) is 34.6 Å². The molecule has 0 bridgehead atoms. The smallest absolute Gasteiger partial charge is 0.410 e. The Kier molecular flexibility index (Phi) is 5.62. The number of ether oxygens (including phenoxy) is 1. The number of carbonyl (C=O) groups is 1. The van der Waals surface area contributed by atoms with Crippen molar-refractivity contribution >= 4 is 28.1 Å². The molecule has 0 unspecified atom stereocenters. The van der Waals surface area contributed by atoms with Gasteiger partial charge in [0.15, 0.2) is 0 Å². The largest absolute Gasteiger partial charge is 0.444 e. The van der Waals surface area contributed by atoms with Crippen LogP contribution in [0.3, 0.4) is 0 Å². The summed E-state index contributed by atoms with van der Waals surface area (Å²) in [4.78, 5) is 18.1. The van der Waals surface area contributed by atoms with Crippen LogP contribution in [0.25, 0.3) is 6.08 Å². The van der Waals surface area contributed by atoms with Crippen molar-refractivity contribution in [1.82, 2.24) is 9.88 Å². The first-order chi connectivity index (χ1) is 10.3. The minimum absolute atomic E-state index is 0.204. The van der Waals surface area contributed by atoms with Crippen LogP contribution in [0.2, 0.25) is 0 Å². The van der Waals surface area contributed by atoms with Gasteiger partial charge in [-0.15, -0.1) is 0 Å². The third kappa shape index (κ3) is 5.44. The molecule has 22 heavy (non-hydrogen) atoms. The van der Waals surface area contributed by atoms with Crippen molar-refractivity contribution in [2.45, 2.75) is 39.2 Å². The zero-order valence-electron chi connectivity index (χ0n) is 13.4. The van der Waals surface area contributed by atoms with Crippen LogP contribution in [0.15, 0.2) is 28.9 Å². The van der Waals surface area contributed by atoms with Crippen molar-refractivity contribution in [2.75, 3.05) is 13.1 Å². The lowest BCUT2D eigenvalue weighted by molar-refractivity contribution is 0.0197. The number of piperidine rings is 1. The second-order valence-electron chi connectivity index (χ2n) is 6.57. The zero-order valence-corrected chi connectivity index (χ0v) is 15.0. The fraction of sp³-hybridized carbons (Fsp3) is 0.529. The van der Waals surface area contributed by atoms with Crippen LogP contribution in [0.4, 0.5) is 4.79 Å². The summed E-state index contributed by atoms with van der Waals surface area (Å²) in [6.45, 7) is 7.18. The van der Waals surface area contributed by atoms with E-state index in [1.165, 1.54) is 0 Å². The number of hydrogen-bond acceptors (Lipinski definition) is 3. The molecular weight excluding hydrogens is 344 g/mol. The average molecular weight is 367 g/mol. The number of carbonyl (C=O) groups excluding carboxylic acids is 1. The van der Waals surface area contributed by atoms with Gasteiger partial charge in [0.25, 0.3) is 0 Å². The molecule has 1 aliphatic rings. The molecule has 4 nitrogen and oxygen atoms in total. The van der Waals surface area contributed by atoms with E-state index in [1.54, 1.807) is 11.1 Å². The number of nitrogens with zero attached hydrogens (tertiary/aromatic N) is 2. The molecule has 0 spiro atoms. The first-order valence-corrected chi connectivity index (χ1v) is 8.40. The first kappa shape index (κ1) is 17.0. The van der Waals surface area contributed by atoms with Gasteiger partial charge in [0.05, 0.1) is 5.69 Å². The maximum absolute atomic E-state index is 12.0. The van der Waals surface area contributed by atoms with Crippen molar-refractivity contribution in [1.29, 1.82) is 0 Å². The Morgan fingerprint density at radius 1 is 1.36 bits per heavy atom. The minimum Gasteiger partial charge on any atom is -0.444 e. The lowest BCUT2D eigenvalue weighted by Crippen LogP contribution is -2.41. The molecular formula is C17H23BrN2O2. The van der Waals surface area contributed by atoms with Gasteiger partial charge in [-0.1, -0.05) is 6.08 Å². The van der Waals surface area contributed by atoms with Gasteiger partial charge >= 0.3 is 6.09 Å². The van der Waals surface area contributed by atoms with Gasteiger partial charge in [0.1, 0.15) is 5.60 Å². The van der Waals surface area contributed by atoms with Crippen LogP contribution in [-0.4, -0.2) is 34.7 Å². The van der Waals surface area contributed by atoms with E-state index in [0.29, 0.717) is 5.92 Å². The highest BCUT2D eigenvalue weighted by Gasteiger charge is 2.25. The third-order valence-electron chi connectivity index (χ3n) is 3.48. The van der Waals surface area contributed by atoms with Gasteiger partial charge in [-0.2, -0.15) is 0 Å². The molecule has 5 heteroatoms. The lowest BCUT2D eigenvalue weighted by atomic mass is 9.96. The predicted molar refractivity (Wildman–Crippen MR) is 91.5 cm³/mol. The van der Waals surface area contributed by atoms with Gasteiger partial charge in [0.2, 0.25) is 0 Å². The Bertz CT molecular complexity index is 527. The number of aromatic nitrogens is 1. The minimum atomic E-state index is -0.429. The molecule has 2 rings (SSSR count). The molecule has 1 saturated heterocycles. The molecule has 0 aromatic carbocycles. The van der Waals surface area contributed by atoms with Crippen LogP contribution < -0.4 is 0 Å². The summed E-state index contributed by atoms with van der Waals surface area (Å²) < 4.78 is 6.39. The number of pyridine rings is 1. The third-order valence-corrected chi connectivity index (χ3v) is 3.95. The molecule has 1 amide bonds. The van der Waals surface area contributed by atoms with Crippen LogP contribution in [0, 0.1) is 5.92 Å². The highest BCUT2D eigenvalue weighted by Crippen LogP contribution is 2.21. The summed E-state index contributed by atoms with van der Waals surface area (Å²) in [6, 6.07) is 3.97. The lowest BCUT2D eigenvalue weighted by Gasteiger charge is -2.32. The van der Waals surface area contributed by atoms with Crippen molar-refractivity contribution in [2.24, 2.45) is 5.92 Å². The highest BCUT2D eigenvalue weighted by atomic mass is 79.9. The molecule has 0 aliphatic carbocycles. The van der Waals surface area contributed by atoms with E-state index in [9.17, 15) is 4.79 Å². The molecule has 0 radical (unpaired) electrons. The molecule has 0 N–H and O–H groups in total. The summed E-state index contributed by atoms with van der Waals surface area (Å²) in [6.07, 6.45) is 7.77. The fourth-order valence-electron chi connectivity index (χ4n) is 2.32. The van der Waals surface area contributed by atoms with E-state index in [2.05, 4.69) is 33.1 Å². The summed E-state index contributed by atoms with van der Waals surface area (Å²) in [5.41, 5.74) is 0.527. The standard InChI is InChI=1S/C17H23BrN2O2/c1-17(2,3)22-16(21)20-10-8-13(9-11-20)4-6-15-7-5-14(18)12-19-15/h4-7,12-13H,8-11H2,1-3H3/b6-4+. The number of rotatable bonds is 2. The van der Waals surface area contributed by atoms with Crippen molar-refractivity contribution in [3.8, 4) is 0 Å². The molecule has 1 aliphatic heterocycles. The normalized spacial score (nSPS) is 17.0. The maximum Gasteiger partial charge on any atom is 0.410 e. The van der Waals surface area contributed by atoms with Crippen LogP contribution in [0.5, 0.6) is 0 Å². The SMILES string of the molecule is CC(C)(C)OC(=O)N1CCC(/C=C/c2ccc(Br)cn2)CC1. The van der Waals surface area contributed by atoms with E-state index in [0.717, 1.165) is 36.1 Å². The van der Waals surface area contributed by atoms with E-state index < -0.39 is 5.60 Å². The highest BCUT2D eigenvalue weighted by molar-refractivity contribution is 9.10. The maximum atomic E-state index is 12.0. The number of hydrogen-bond donors (Lipinski definition) is 0. The Morgan fingerprint density at radius 3 is 2.59 bits per heavy atom. The van der Waals surface area contributed by atoms with E-state index in [1.807, 2.05) is 32.9 Å². The predicted octanol–water partition coefficient (Wildman–Crippen LogP) is 4.50. The van der Waals surface area contributed by atoms with Crippen LogP contribution in [0.1, 0.15) is 39.3 Å². The van der Waals surface area contributed by atoms with Gasteiger partial charge in [-0.05, 0) is 73.7 Å². The Morgan fingerprint density at radius 2 is 2.05 bits per heavy atom. The van der Waals surface area contributed by atoms with Gasteiger partial charge in [-0.3, -0.25) is 4.98 Å². The van der Waals surface area contributed by atoms with Gasteiger partial charge in [0, 0.05) is 23.8 Å². The Labute approximate surface area is 140 Å². The molecule has 1 aromatic heterocycles.